The molecule has 4 nitrogen and oxygen atoms in total. The van der Waals surface area contributed by atoms with Gasteiger partial charge in [-0.2, -0.15) is 5.10 Å². The lowest BCUT2D eigenvalue weighted by Gasteiger charge is -2.28. The van der Waals surface area contributed by atoms with Crippen molar-refractivity contribution < 1.29 is 4.74 Å². The molecule has 13 heavy (non-hydrogen) atoms. The zero-order valence-corrected chi connectivity index (χ0v) is 7.81. The third-order valence-corrected chi connectivity index (χ3v) is 2.45. The quantitative estimate of drug-likeness (QED) is 0.685. The van der Waals surface area contributed by atoms with E-state index in [1.807, 2.05) is 24.0 Å². The number of ether oxygens (including phenoxy) is 1. The van der Waals surface area contributed by atoms with E-state index in [1.165, 1.54) is 0 Å². The molecule has 1 aromatic heterocycles. The molecule has 0 aliphatic carbocycles. The van der Waals surface area contributed by atoms with Crippen LogP contribution in [0.2, 0.25) is 0 Å². The van der Waals surface area contributed by atoms with Crippen molar-refractivity contribution in [2.24, 2.45) is 5.73 Å². The van der Waals surface area contributed by atoms with Crippen molar-refractivity contribution in [3.63, 3.8) is 0 Å². The highest BCUT2D eigenvalue weighted by atomic mass is 16.5. The van der Waals surface area contributed by atoms with Gasteiger partial charge in [-0.25, -0.2) is 0 Å². The third kappa shape index (κ3) is 1.73. The summed E-state index contributed by atoms with van der Waals surface area (Å²) in [6.45, 7) is 3.49. The Kier molecular flexibility index (Phi) is 2.33. The Labute approximate surface area is 77.7 Å². The molecule has 2 unspecified atom stereocenters. The molecule has 0 spiro atoms. The van der Waals surface area contributed by atoms with Crippen molar-refractivity contribution in [2.75, 3.05) is 13.2 Å². The van der Waals surface area contributed by atoms with E-state index in [4.69, 9.17) is 10.5 Å². The largest absolute Gasteiger partial charge is 0.379 e. The molecular formula is C9H15N3O. The molecule has 0 aromatic carbocycles. The minimum absolute atomic E-state index is 0.174. The highest BCUT2D eigenvalue weighted by Crippen LogP contribution is 2.17. The monoisotopic (exact) mass is 181 g/mol. The molecule has 0 radical (unpaired) electrons. The van der Waals surface area contributed by atoms with Gasteiger partial charge in [0.25, 0.3) is 0 Å². The van der Waals surface area contributed by atoms with E-state index < -0.39 is 0 Å². The fourth-order valence-corrected chi connectivity index (χ4v) is 1.63. The summed E-state index contributed by atoms with van der Waals surface area (Å²) in [7, 11) is 0. The van der Waals surface area contributed by atoms with E-state index in [9.17, 15) is 0 Å². The maximum absolute atomic E-state index is 5.98. The van der Waals surface area contributed by atoms with Crippen LogP contribution >= 0.6 is 0 Å². The number of nitrogens with zero attached hydrogens (tertiary/aromatic N) is 2. The number of nitrogens with two attached hydrogens (primary N) is 1. The summed E-state index contributed by atoms with van der Waals surface area (Å²) in [5, 5.41) is 4.25. The third-order valence-electron chi connectivity index (χ3n) is 2.45. The summed E-state index contributed by atoms with van der Waals surface area (Å²) in [4.78, 5) is 0. The first-order chi connectivity index (χ1) is 6.27. The van der Waals surface area contributed by atoms with E-state index in [-0.39, 0.29) is 12.1 Å². The predicted molar refractivity (Wildman–Crippen MR) is 49.4 cm³/mol. The van der Waals surface area contributed by atoms with Crippen molar-refractivity contribution in [3.05, 3.63) is 18.0 Å². The molecule has 1 aliphatic rings. The number of aromatic nitrogens is 2. The summed E-state index contributed by atoms with van der Waals surface area (Å²) in [5.74, 6) is 0. The number of aryl methyl sites for hydroxylation is 1. The van der Waals surface area contributed by atoms with Crippen LogP contribution in [0, 0.1) is 6.92 Å². The molecule has 0 amide bonds. The second kappa shape index (κ2) is 3.47. The molecular weight excluding hydrogens is 166 g/mol. The molecule has 72 valence electrons. The predicted octanol–water partition coefficient (Wildman–Crippen LogP) is 0.480. The fourth-order valence-electron chi connectivity index (χ4n) is 1.63. The highest BCUT2D eigenvalue weighted by molar-refractivity contribution is 5.01. The van der Waals surface area contributed by atoms with Gasteiger partial charge in [-0.15, -0.1) is 0 Å². The summed E-state index contributed by atoms with van der Waals surface area (Å²) < 4.78 is 7.29. The van der Waals surface area contributed by atoms with Crippen LogP contribution in [0.4, 0.5) is 0 Å². The Hall–Kier alpha value is -0.870. The van der Waals surface area contributed by atoms with Crippen LogP contribution < -0.4 is 5.73 Å². The van der Waals surface area contributed by atoms with Crippen molar-refractivity contribution in [2.45, 2.75) is 25.4 Å². The van der Waals surface area contributed by atoms with Gasteiger partial charge in [-0.05, 0) is 18.9 Å². The summed E-state index contributed by atoms with van der Waals surface area (Å²) in [6, 6.07) is 0.385. The van der Waals surface area contributed by atoms with Crippen molar-refractivity contribution in [3.8, 4) is 0 Å². The van der Waals surface area contributed by atoms with Gasteiger partial charge in [-0.1, -0.05) is 0 Å². The number of hydrogen-bond donors (Lipinski definition) is 1. The van der Waals surface area contributed by atoms with E-state index in [2.05, 4.69) is 5.10 Å². The first kappa shape index (κ1) is 8.72. The first-order valence-corrected chi connectivity index (χ1v) is 4.61. The second-order valence-corrected chi connectivity index (χ2v) is 3.59. The smallest absolute Gasteiger partial charge is 0.0903 e. The molecule has 0 saturated carbocycles. The van der Waals surface area contributed by atoms with Gasteiger partial charge in [0.05, 0.1) is 18.8 Å². The average molecular weight is 181 g/mol. The van der Waals surface area contributed by atoms with Crippen molar-refractivity contribution >= 4 is 0 Å². The molecule has 2 heterocycles. The fraction of sp³-hybridized carbons (Fsp3) is 0.667. The number of hydrogen-bond acceptors (Lipinski definition) is 3. The zero-order chi connectivity index (χ0) is 9.26. The first-order valence-electron chi connectivity index (χ1n) is 4.61. The Balaban J connectivity index is 2.14. The Bertz CT molecular complexity index is 284. The van der Waals surface area contributed by atoms with E-state index >= 15 is 0 Å². The number of rotatable bonds is 1. The molecule has 2 N–H and O–H groups in total. The maximum atomic E-state index is 5.98. The highest BCUT2D eigenvalue weighted by Gasteiger charge is 2.24. The van der Waals surface area contributed by atoms with Crippen LogP contribution in [0.5, 0.6) is 0 Å². The van der Waals surface area contributed by atoms with Gasteiger partial charge in [0.1, 0.15) is 0 Å². The minimum Gasteiger partial charge on any atom is -0.379 e. The SMILES string of the molecule is Cc1cnn(C2COCCC2N)c1. The molecule has 1 saturated heterocycles. The molecule has 4 heteroatoms. The molecule has 2 rings (SSSR count). The van der Waals surface area contributed by atoms with E-state index in [1.54, 1.807) is 0 Å². The summed E-state index contributed by atoms with van der Waals surface area (Å²) in [6.07, 6.45) is 4.78. The van der Waals surface area contributed by atoms with Crippen LogP contribution in [0.25, 0.3) is 0 Å². The van der Waals surface area contributed by atoms with Gasteiger partial charge in [-0.3, -0.25) is 4.68 Å². The summed E-state index contributed by atoms with van der Waals surface area (Å²) in [5.41, 5.74) is 7.14. The molecule has 1 aliphatic heterocycles. The van der Waals surface area contributed by atoms with Gasteiger partial charge in [0.2, 0.25) is 0 Å². The van der Waals surface area contributed by atoms with Crippen LogP contribution in [-0.4, -0.2) is 29.0 Å². The Morgan fingerprint density at radius 1 is 1.69 bits per heavy atom. The normalized spacial score (nSPS) is 29.1. The zero-order valence-electron chi connectivity index (χ0n) is 7.81. The summed E-state index contributed by atoms with van der Waals surface area (Å²) >= 11 is 0. The van der Waals surface area contributed by atoms with Crippen LogP contribution in [-0.2, 0) is 4.74 Å². The van der Waals surface area contributed by atoms with Crippen LogP contribution in [0.3, 0.4) is 0 Å². The van der Waals surface area contributed by atoms with Gasteiger partial charge in [0, 0.05) is 18.8 Å². The Morgan fingerprint density at radius 2 is 2.54 bits per heavy atom. The lowest BCUT2D eigenvalue weighted by molar-refractivity contribution is 0.0424. The average Bonchev–Trinajstić information content (AvgIpc) is 2.53. The molecule has 1 aromatic rings. The van der Waals surface area contributed by atoms with Gasteiger partial charge < -0.3 is 10.5 Å². The topological polar surface area (TPSA) is 53.1 Å². The Morgan fingerprint density at radius 3 is 3.15 bits per heavy atom. The van der Waals surface area contributed by atoms with E-state index in [0.717, 1.165) is 18.6 Å². The van der Waals surface area contributed by atoms with Crippen molar-refractivity contribution in [1.29, 1.82) is 0 Å². The maximum Gasteiger partial charge on any atom is 0.0903 e. The molecule has 1 fully saturated rings. The van der Waals surface area contributed by atoms with Crippen LogP contribution in [0.1, 0.15) is 18.0 Å². The lowest BCUT2D eigenvalue weighted by atomic mass is 10.1. The lowest BCUT2D eigenvalue weighted by Crippen LogP contribution is -2.40. The standard InChI is InChI=1S/C9H15N3O/c1-7-4-11-12(5-7)9-6-13-3-2-8(9)10/h4-5,8-9H,2-3,6,10H2,1H3. The van der Waals surface area contributed by atoms with Gasteiger partial charge >= 0.3 is 0 Å². The second-order valence-electron chi connectivity index (χ2n) is 3.59. The van der Waals surface area contributed by atoms with Gasteiger partial charge in [0.15, 0.2) is 0 Å². The molecule has 0 bridgehead atoms. The molecule has 2 atom stereocenters. The van der Waals surface area contributed by atoms with Crippen molar-refractivity contribution in [1.82, 2.24) is 9.78 Å². The minimum atomic E-state index is 0.174. The van der Waals surface area contributed by atoms with Crippen LogP contribution in [0.15, 0.2) is 12.4 Å². The van der Waals surface area contributed by atoms with E-state index in [0.29, 0.717) is 6.61 Å².